The number of hydrogen-bond donors (Lipinski definition) is 1. The Morgan fingerprint density at radius 3 is 2.82 bits per heavy atom. The lowest BCUT2D eigenvalue weighted by Gasteiger charge is -2.33. The van der Waals surface area contributed by atoms with E-state index in [2.05, 4.69) is 51.4 Å². The Kier molecular flexibility index (Phi) is 2.79. The minimum absolute atomic E-state index is 0.599. The summed E-state index contributed by atoms with van der Waals surface area (Å²) in [6, 6.07) is 8.90. The van der Waals surface area contributed by atoms with Gasteiger partial charge in [0.25, 0.3) is 0 Å². The van der Waals surface area contributed by atoms with Crippen molar-refractivity contribution in [3.63, 3.8) is 0 Å². The minimum atomic E-state index is 0.599. The second kappa shape index (κ2) is 4.30. The van der Waals surface area contributed by atoms with Gasteiger partial charge < -0.3 is 5.32 Å². The zero-order valence-corrected chi connectivity index (χ0v) is 11.4. The van der Waals surface area contributed by atoms with Gasteiger partial charge in [0.05, 0.1) is 0 Å². The summed E-state index contributed by atoms with van der Waals surface area (Å²) in [6.07, 6.45) is 4.38. The SMILES string of the molecule is CC1CC(Nc2nccc3c(Br)cccc23)C1. The highest BCUT2D eigenvalue weighted by molar-refractivity contribution is 9.10. The van der Waals surface area contributed by atoms with Crippen molar-refractivity contribution in [3.05, 3.63) is 34.9 Å². The fourth-order valence-corrected chi connectivity index (χ4v) is 3.00. The number of pyridine rings is 1. The first-order valence-corrected chi connectivity index (χ1v) is 6.83. The summed E-state index contributed by atoms with van der Waals surface area (Å²) in [5.74, 6) is 1.87. The number of aromatic nitrogens is 1. The van der Waals surface area contributed by atoms with E-state index in [9.17, 15) is 0 Å². The van der Waals surface area contributed by atoms with Gasteiger partial charge in [-0.15, -0.1) is 0 Å². The Bertz CT molecular complexity index is 547. The van der Waals surface area contributed by atoms with Crippen LogP contribution >= 0.6 is 15.9 Å². The molecule has 1 fully saturated rings. The van der Waals surface area contributed by atoms with Gasteiger partial charge in [-0.25, -0.2) is 4.98 Å². The van der Waals surface area contributed by atoms with E-state index >= 15 is 0 Å². The van der Waals surface area contributed by atoms with Crippen LogP contribution in [-0.2, 0) is 0 Å². The van der Waals surface area contributed by atoms with Crippen molar-refractivity contribution in [2.75, 3.05) is 5.32 Å². The van der Waals surface area contributed by atoms with Gasteiger partial charge in [0, 0.05) is 27.5 Å². The summed E-state index contributed by atoms with van der Waals surface area (Å²) in [4.78, 5) is 4.46. The van der Waals surface area contributed by atoms with Crippen LogP contribution in [0.2, 0.25) is 0 Å². The van der Waals surface area contributed by atoms with Crippen LogP contribution in [0.3, 0.4) is 0 Å². The van der Waals surface area contributed by atoms with Crippen molar-refractivity contribution in [3.8, 4) is 0 Å². The van der Waals surface area contributed by atoms with Crippen molar-refractivity contribution in [2.24, 2.45) is 5.92 Å². The molecule has 0 amide bonds. The van der Waals surface area contributed by atoms with Crippen molar-refractivity contribution in [1.29, 1.82) is 0 Å². The number of fused-ring (bicyclic) bond motifs is 1. The molecule has 3 heteroatoms. The molecule has 0 spiro atoms. The van der Waals surface area contributed by atoms with Crippen LogP contribution in [0.4, 0.5) is 5.82 Å². The lowest BCUT2D eigenvalue weighted by atomic mass is 9.82. The molecule has 1 aromatic heterocycles. The number of rotatable bonds is 2. The van der Waals surface area contributed by atoms with Crippen molar-refractivity contribution in [1.82, 2.24) is 4.98 Å². The van der Waals surface area contributed by atoms with Gasteiger partial charge in [0.2, 0.25) is 0 Å². The number of nitrogens with one attached hydrogen (secondary N) is 1. The van der Waals surface area contributed by atoms with E-state index in [1.54, 1.807) is 0 Å². The quantitative estimate of drug-likeness (QED) is 0.896. The number of anilines is 1. The third kappa shape index (κ3) is 2.04. The molecular formula is C14H15BrN2. The molecule has 0 radical (unpaired) electrons. The maximum Gasteiger partial charge on any atom is 0.134 e. The topological polar surface area (TPSA) is 24.9 Å². The van der Waals surface area contributed by atoms with Gasteiger partial charge in [-0.1, -0.05) is 35.0 Å². The summed E-state index contributed by atoms with van der Waals surface area (Å²) in [7, 11) is 0. The van der Waals surface area contributed by atoms with Crippen LogP contribution in [0.15, 0.2) is 34.9 Å². The molecule has 17 heavy (non-hydrogen) atoms. The predicted octanol–water partition coefficient (Wildman–Crippen LogP) is 4.21. The molecule has 2 aromatic rings. The van der Waals surface area contributed by atoms with E-state index in [-0.39, 0.29) is 0 Å². The van der Waals surface area contributed by atoms with Gasteiger partial charge in [-0.2, -0.15) is 0 Å². The normalized spacial score (nSPS) is 23.4. The Morgan fingerprint density at radius 2 is 2.06 bits per heavy atom. The Balaban J connectivity index is 1.96. The molecule has 0 aliphatic heterocycles. The molecule has 1 N–H and O–H groups in total. The highest BCUT2D eigenvalue weighted by atomic mass is 79.9. The predicted molar refractivity (Wildman–Crippen MR) is 75.3 cm³/mol. The maximum absolute atomic E-state index is 4.46. The lowest BCUT2D eigenvalue weighted by Crippen LogP contribution is -2.34. The van der Waals surface area contributed by atoms with E-state index in [1.807, 2.05) is 12.3 Å². The van der Waals surface area contributed by atoms with Crippen LogP contribution < -0.4 is 5.32 Å². The molecule has 2 nitrogen and oxygen atoms in total. The van der Waals surface area contributed by atoms with Crippen molar-refractivity contribution >= 4 is 32.5 Å². The first kappa shape index (κ1) is 11.0. The van der Waals surface area contributed by atoms with Crippen LogP contribution in [-0.4, -0.2) is 11.0 Å². The molecule has 1 aromatic carbocycles. The van der Waals surface area contributed by atoms with Gasteiger partial charge >= 0.3 is 0 Å². The molecule has 3 rings (SSSR count). The third-order valence-corrected chi connectivity index (χ3v) is 4.16. The zero-order chi connectivity index (χ0) is 11.8. The summed E-state index contributed by atoms with van der Waals surface area (Å²) < 4.78 is 1.13. The summed E-state index contributed by atoms with van der Waals surface area (Å²) in [5.41, 5.74) is 0. The minimum Gasteiger partial charge on any atom is -0.367 e. The molecular weight excluding hydrogens is 276 g/mol. The standard InChI is InChI=1S/C14H15BrN2/c1-9-7-10(8-9)17-14-12-3-2-4-13(15)11(12)5-6-16-14/h2-6,9-10H,7-8H2,1H3,(H,16,17). The number of nitrogens with zero attached hydrogens (tertiary/aromatic N) is 1. The van der Waals surface area contributed by atoms with Crippen LogP contribution in [0.1, 0.15) is 19.8 Å². The first-order valence-electron chi connectivity index (χ1n) is 6.04. The molecule has 0 bridgehead atoms. The molecule has 0 saturated heterocycles. The van der Waals surface area contributed by atoms with Gasteiger partial charge in [-0.05, 0) is 30.9 Å². The molecule has 1 saturated carbocycles. The van der Waals surface area contributed by atoms with Gasteiger partial charge in [0.1, 0.15) is 5.82 Å². The van der Waals surface area contributed by atoms with Crippen molar-refractivity contribution in [2.45, 2.75) is 25.8 Å². The number of halogens is 1. The fraction of sp³-hybridized carbons (Fsp3) is 0.357. The third-order valence-electron chi connectivity index (χ3n) is 3.47. The van der Waals surface area contributed by atoms with Crippen LogP contribution in [0.5, 0.6) is 0 Å². The van der Waals surface area contributed by atoms with E-state index in [0.717, 1.165) is 16.2 Å². The van der Waals surface area contributed by atoms with E-state index in [0.29, 0.717) is 6.04 Å². The largest absolute Gasteiger partial charge is 0.367 e. The fourth-order valence-electron chi connectivity index (χ4n) is 2.50. The van der Waals surface area contributed by atoms with Gasteiger partial charge in [0.15, 0.2) is 0 Å². The monoisotopic (exact) mass is 290 g/mol. The van der Waals surface area contributed by atoms with Crippen LogP contribution in [0, 0.1) is 5.92 Å². The molecule has 1 aliphatic carbocycles. The zero-order valence-electron chi connectivity index (χ0n) is 9.78. The molecule has 0 atom stereocenters. The average molecular weight is 291 g/mol. The van der Waals surface area contributed by atoms with Crippen molar-refractivity contribution < 1.29 is 0 Å². The summed E-state index contributed by atoms with van der Waals surface area (Å²) in [5, 5.41) is 5.96. The highest BCUT2D eigenvalue weighted by Gasteiger charge is 2.25. The Hall–Kier alpha value is -1.09. The maximum atomic E-state index is 4.46. The van der Waals surface area contributed by atoms with E-state index in [4.69, 9.17) is 0 Å². The van der Waals surface area contributed by atoms with E-state index in [1.165, 1.54) is 23.6 Å². The number of hydrogen-bond acceptors (Lipinski definition) is 2. The molecule has 1 aliphatic rings. The average Bonchev–Trinajstić information content (AvgIpc) is 2.28. The second-order valence-corrected chi connectivity index (χ2v) is 5.77. The molecule has 1 heterocycles. The highest BCUT2D eigenvalue weighted by Crippen LogP contribution is 2.32. The Morgan fingerprint density at radius 1 is 1.24 bits per heavy atom. The molecule has 0 unspecified atom stereocenters. The second-order valence-electron chi connectivity index (χ2n) is 4.91. The van der Waals surface area contributed by atoms with Gasteiger partial charge in [-0.3, -0.25) is 0 Å². The Labute approximate surface area is 110 Å². The lowest BCUT2D eigenvalue weighted by molar-refractivity contribution is 0.309. The number of benzene rings is 1. The van der Waals surface area contributed by atoms with E-state index < -0.39 is 0 Å². The molecule has 88 valence electrons. The van der Waals surface area contributed by atoms with Crippen LogP contribution in [0.25, 0.3) is 10.8 Å². The summed E-state index contributed by atoms with van der Waals surface area (Å²) in [6.45, 7) is 2.30. The first-order chi connectivity index (χ1) is 8.24. The smallest absolute Gasteiger partial charge is 0.134 e. The summed E-state index contributed by atoms with van der Waals surface area (Å²) >= 11 is 3.58.